The molecule has 0 aromatic carbocycles. The summed E-state index contributed by atoms with van der Waals surface area (Å²) in [7, 11) is -3.01. The Balaban J connectivity index is 3.02. The summed E-state index contributed by atoms with van der Waals surface area (Å²) in [6, 6.07) is 0. The maximum absolute atomic E-state index is 10.2. The van der Waals surface area contributed by atoms with E-state index in [4.69, 9.17) is 9.79 Å². The van der Waals surface area contributed by atoms with E-state index < -0.39 is 7.82 Å². The van der Waals surface area contributed by atoms with Crippen LogP contribution in [0.1, 0.15) is 0 Å². The SMILES string of the molecule is COCCOOOOOCCOP(=O)(O)O. The lowest BCUT2D eigenvalue weighted by Gasteiger charge is -2.04. The Kier molecular flexibility index (Phi) is 9.97. The Hall–Kier alpha value is -0.130. The Morgan fingerprint density at radius 1 is 0.938 bits per heavy atom. The molecular formula is C5H13O10P. The van der Waals surface area contributed by atoms with Crippen molar-refractivity contribution in [1.82, 2.24) is 0 Å². The van der Waals surface area contributed by atoms with Gasteiger partial charge in [-0.2, -0.15) is 0 Å². The molecule has 0 amide bonds. The summed E-state index contributed by atoms with van der Waals surface area (Å²) in [4.78, 5) is 25.0. The van der Waals surface area contributed by atoms with E-state index in [0.717, 1.165) is 0 Å². The number of hydrogen-bond donors (Lipinski definition) is 2. The van der Waals surface area contributed by atoms with E-state index in [0.29, 0.717) is 6.61 Å². The van der Waals surface area contributed by atoms with Gasteiger partial charge in [0, 0.05) is 7.11 Å². The Morgan fingerprint density at radius 2 is 1.50 bits per heavy atom. The fourth-order valence-electron chi connectivity index (χ4n) is 0.426. The second kappa shape index (κ2) is 10.1. The average Bonchev–Trinajstić information content (AvgIpc) is 2.19. The highest BCUT2D eigenvalue weighted by molar-refractivity contribution is 7.46. The number of phosphoric acid groups is 1. The molecule has 0 bridgehead atoms. The minimum Gasteiger partial charge on any atom is -0.382 e. The van der Waals surface area contributed by atoms with Gasteiger partial charge in [0.2, 0.25) is 0 Å². The van der Waals surface area contributed by atoms with Gasteiger partial charge >= 0.3 is 7.82 Å². The molecule has 2 N–H and O–H groups in total. The van der Waals surface area contributed by atoms with Crippen LogP contribution < -0.4 is 0 Å². The minimum absolute atomic E-state index is 0.126. The zero-order valence-corrected chi connectivity index (χ0v) is 9.33. The largest absolute Gasteiger partial charge is 0.469 e. The molecule has 10 nitrogen and oxygen atoms in total. The van der Waals surface area contributed by atoms with Crippen LogP contribution in [0.3, 0.4) is 0 Å². The van der Waals surface area contributed by atoms with Crippen LogP contribution >= 0.6 is 7.82 Å². The molecule has 16 heavy (non-hydrogen) atoms. The van der Waals surface area contributed by atoms with Crippen molar-refractivity contribution in [2.75, 3.05) is 33.5 Å². The molecule has 0 rings (SSSR count). The summed E-state index contributed by atoms with van der Waals surface area (Å²) in [6.45, 7) is -0.216. The molecule has 0 unspecified atom stereocenters. The fraction of sp³-hybridized carbons (Fsp3) is 1.00. The minimum atomic E-state index is -4.49. The summed E-state index contributed by atoms with van der Waals surface area (Å²) in [5, 5.41) is 11.7. The van der Waals surface area contributed by atoms with Crippen molar-refractivity contribution in [2.24, 2.45) is 0 Å². The standard InChI is InChI=1S/C5H13O10P/c1-9-2-3-10-13-15-14-11-4-5-12-16(6,7)8/h2-5H2,1H3,(H2,6,7,8). The summed E-state index contributed by atoms with van der Waals surface area (Å²) >= 11 is 0. The molecule has 0 saturated carbocycles. The summed E-state index contributed by atoms with van der Waals surface area (Å²) in [5.74, 6) is 0. The molecule has 0 aliphatic carbocycles. The van der Waals surface area contributed by atoms with Crippen molar-refractivity contribution in [1.29, 1.82) is 0 Å². The Labute approximate surface area is 90.8 Å². The number of phosphoric ester groups is 1. The molecule has 0 saturated heterocycles. The van der Waals surface area contributed by atoms with Crippen molar-refractivity contribution in [2.45, 2.75) is 0 Å². The Morgan fingerprint density at radius 3 is 2.00 bits per heavy atom. The third-order valence-electron chi connectivity index (χ3n) is 0.949. The first kappa shape index (κ1) is 15.9. The maximum Gasteiger partial charge on any atom is 0.469 e. The molecule has 0 aromatic heterocycles. The molecule has 0 heterocycles. The van der Waals surface area contributed by atoms with Crippen molar-refractivity contribution < 1.29 is 48.5 Å². The van der Waals surface area contributed by atoms with Crippen LogP contribution in [0.15, 0.2) is 0 Å². The van der Waals surface area contributed by atoms with Gasteiger partial charge in [0.15, 0.2) is 0 Å². The van der Waals surface area contributed by atoms with Gasteiger partial charge in [0.05, 0.1) is 13.2 Å². The second-order valence-electron chi connectivity index (χ2n) is 2.16. The van der Waals surface area contributed by atoms with Crippen molar-refractivity contribution in [3.63, 3.8) is 0 Å². The van der Waals surface area contributed by atoms with E-state index in [1.165, 1.54) is 7.11 Å². The number of hydrogen-bond acceptors (Lipinski definition) is 8. The normalized spacial score (nSPS) is 11.9. The third-order valence-corrected chi connectivity index (χ3v) is 1.47. The monoisotopic (exact) mass is 264 g/mol. The van der Waals surface area contributed by atoms with Gasteiger partial charge in [-0.05, 0) is 15.1 Å². The number of rotatable bonds is 11. The van der Waals surface area contributed by atoms with Crippen LogP contribution in [-0.2, 0) is 38.7 Å². The Bertz CT molecular complexity index is 192. The van der Waals surface area contributed by atoms with Crippen molar-refractivity contribution in [3.05, 3.63) is 0 Å². The summed E-state index contributed by atoms with van der Waals surface area (Å²) < 4.78 is 18.8. The highest BCUT2D eigenvalue weighted by Crippen LogP contribution is 2.35. The summed E-state index contributed by atoms with van der Waals surface area (Å²) in [5.41, 5.74) is 0. The van der Waals surface area contributed by atoms with Gasteiger partial charge in [-0.15, -0.1) is 0 Å². The molecule has 0 spiro atoms. The lowest BCUT2D eigenvalue weighted by atomic mass is 10.8. The van der Waals surface area contributed by atoms with E-state index in [-0.39, 0.29) is 19.8 Å². The molecule has 0 aliphatic rings. The molecular weight excluding hydrogens is 251 g/mol. The van der Waals surface area contributed by atoms with Gasteiger partial charge < -0.3 is 14.5 Å². The molecule has 0 radical (unpaired) electrons. The molecule has 0 aromatic rings. The van der Waals surface area contributed by atoms with Crippen LogP contribution in [0.4, 0.5) is 0 Å². The highest BCUT2D eigenvalue weighted by atomic mass is 31.2. The quantitative estimate of drug-likeness (QED) is 0.218. The van der Waals surface area contributed by atoms with Gasteiger partial charge in [0.1, 0.15) is 13.2 Å². The van der Waals surface area contributed by atoms with Crippen molar-refractivity contribution in [3.8, 4) is 0 Å². The van der Waals surface area contributed by atoms with Gasteiger partial charge in [-0.25, -0.2) is 14.3 Å². The first-order valence-corrected chi connectivity index (χ1v) is 5.53. The van der Waals surface area contributed by atoms with Gasteiger partial charge in [0.25, 0.3) is 0 Å². The van der Waals surface area contributed by atoms with Crippen LogP contribution in [0.25, 0.3) is 0 Å². The van der Waals surface area contributed by atoms with E-state index >= 15 is 0 Å². The van der Waals surface area contributed by atoms with E-state index in [1.807, 2.05) is 0 Å². The van der Waals surface area contributed by atoms with Crippen LogP contribution in [-0.4, -0.2) is 43.3 Å². The van der Waals surface area contributed by atoms with E-state index in [1.54, 1.807) is 0 Å². The van der Waals surface area contributed by atoms with Gasteiger partial charge in [-0.3, -0.25) is 4.52 Å². The van der Waals surface area contributed by atoms with E-state index in [9.17, 15) is 4.57 Å². The molecule has 11 heteroatoms. The van der Waals surface area contributed by atoms with Crippen molar-refractivity contribution >= 4 is 7.82 Å². The van der Waals surface area contributed by atoms with Crippen LogP contribution in [0.2, 0.25) is 0 Å². The third kappa shape index (κ3) is 13.9. The summed E-state index contributed by atoms with van der Waals surface area (Å²) in [6.07, 6.45) is 0. The smallest absolute Gasteiger partial charge is 0.382 e. The highest BCUT2D eigenvalue weighted by Gasteiger charge is 2.12. The lowest BCUT2D eigenvalue weighted by molar-refractivity contribution is -0.708. The fourth-order valence-corrected chi connectivity index (χ4v) is 0.739. The maximum atomic E-state index is 10.2. The lowest BCUT2D eigenvalue weighted by Crippen LogP contribution is -2.07. The second-order valence-corrected chi connectivity index (χ2v) is 3.40. The molecule has 0 atom stereocenters. The molecule has 98 valence electrons. The predicted molar refractivity (Wildman–Crippen MR) is 45.0 cm³/mol. The molecule has 0 fully saturated rings. The average molecular weight is 264 g/mol. The van der Waals surface area contributed by atoms with Crippen LogP contribution in [0, 0.1) is 0 Å². The zero-order chi connectivity index (χ0) is 12.3. The zero-order valence-electron chi connectivity index (χ0n) is 8.44. The number of methoxy groups -OCH3 is 1. The van der Waals surface area contributed by atoms with Crippen LogP contribution in [0.5, 0.6) is 0 Å². The first-order chi connectivity index (χ1) is 7.56. The van der Waals surface area contributed by atoms with Gasteiger partial charge in [-0.1, -0.05) is 0 Å². The predicted octanol–water partition coefficient (Wildman–Crippen LogP) is -0.515. The van der Waals surface area contributed by atoms with E-state index in [2.05, 4.69) is 34.2 Å². The first-order valence-electron chi connectivity index (χ1n) is 3.99. The topological polar surface area (TPSA) is 122 Å². The number of ether oxygens (including phenoxy) is 1. The molecule has 0 aliphatic heterocycles.